The summed E-state index contributed by atoms with van der Waals surface area (Å²) in [6, 6.07) is 62.3. The lowest BCUT2D eigenvalue weighted by Gasteiger charge is -2.38. The lowest BCUT2D eigenvalue weighted by Crippen LogP contribution is -2.31. The van der Waals surface area contributed by atoms with Crippen LogP contribution < -0.4 is 4.90 Å². The van der Waals surface area contributed by atoms with Crippen LogP contribution >= 0.6 is 11.8 Å². The van der Waals surface area contributed by atoms with Crippen molar-refractivity contribution in [2.45, 2.75) is 60.0 Å². The number of allylic oxidation sites excluding steroid dienone is 3. The minimum Gasteiger partial charge on any atom is -0.310 e. The van der Waals surface area contributed by atoms with Crippen LogP contribution in [0.5, 0.6) is 0 Å². The first-order valence-electron chi connectivity index (χ1n) is 20.7. The first kappa shape index (κ1) is 33.3. The van der Waals surface area contributed by atoms with E-state index in [0.29, 0.717) is 5.25 Å². The van der Waals surface area contributed by atoms with Gasteiger partial charge in [-0.05, 0) is 118 Å². The smallest absolute Gasteiger partial charge is 0.0716 e. The second-order valence-electron chi connectivity index (χ2n) is 16.7. The van der Waals surface area contributed by atoms with Gasteiger partial charge in [0.2, 0.25) is 0 Å². The molecule has 1 spiro atoms. The average molecular weight is 750 g/mol. The summed E-state index contributed by atoms with van der Waals surface area (Å²) < 4.78 is 0. The van der Waals surface area contributed by atoms with Crippen LogP contribution in [0.15, 0.2) is 186 Å². The number of anilines is 3. The molecule has 1 heterocycles. The molecule has 0 bridgehead atoms. The molecule has 1 atom stereocenters. The third-order valence-electron chi connectivity index (χ3n) is 13.8. The molecular weight excluding hydrogens is 707 g/mol. The van der Waals surface area contributed by atoms with E-state index in [-0.39, 0.29) is 5.41 Å². The van der Waals surface area contributed by atoms with Gasteiger partial charge >= 0.3 is 0 Å². The number of hydrogen-bond acceptors (Lipinski definition) is 2. The minimum atomic E-state index is -0.414. The lowest BCUT2D eigenvalue weighted by atomic mass is 9.64. The molecule has 0 N–H and O–H groups in total. The molecule has 4 aliphatic carbocycles. The zero-order chi connectivity index (χ0) is 37.7. The fourth-order valence-electron chi connectivity index (χ4n) is 11.6. The molecule has 12 rings (SSSR count). The SMILES string of the molecule is Cc1ccc2c(c1)C1(CCCC1)c1cccc(N(c3ccccc3)c3ccc4c(c3)SC3CC=CC(C5(c6ccccc6)c6ccccc6-c6ccccc65)=C43)c1-2. The second kappa shape index (κ2) is 12.6. The number of fused-ring (bicyclic) bond motifs is 11. The molecule has 0 amide bonds. The molecule has 1 unspecified atom stereocenters. The molecule has 1 aliphatic heterocycles. The Kier molecular flexibility index (Phi) is 7.36. The fraction of sp³-hybridized carbons (Fsp3) is 0.164. The van der Waals surface area contributed by atoms with Gasteiger partial charge in [0.15, 0.2) is 0 Å². The summed E-state index contributed by atoms with van der Waals surface area (Å²) in [7, 11) is 0. The summed E-state index contributed by atoms with van der Waals surface area (Å²) in [5.41, 5.74) is 21.7. The maximum atomic E-state index is 2.54. The Hall–Kier alpha value is -5.83. The van der Waals surface area contributed by atoms with Crippen molar-refractivity contribution < 1.29 is 0 Å². The topological polar surface area (TPSA) is 3.24 Å². The average Bonchev–Trinajstić information content (AvgIpc) is 4.04. The Morgan fingerprint density at radius 1 is 0.561 bits per heavy atom. The molecule has 1 fully saturated rings. The van der Waals surface area contributed by atoms with Gasteiger partial charge in [0.1, 0.15) is 0 Å². The second-order valence-corrected chi connectivity index (χ2v) is 17.9. The van der Waals surface area contributed by atoms with E-state index in [1.54, 1.807) is 5.56 Å². The van der Waals surface area contributed by atoms with Crippen molar-refractivity contribution in [1.82, 2.24) is 0 Å². The van der Waals surface area contributed by atoms with Gasteiger partial charge in [-0.3, -0.25) is 0 Å². The number of hydrogen-bond donors (Lipinski definition) is 0. The van der Waals surface area contributed by atoms with Crippen LogP contribution in [0.2, 0.25) is 0 Å². The normalized spacial score (nSPS) is 18.5. The third kappa shape index (κ3) is 4.59. The van der Waals surface area contributed by atoms with E-state index in [4.69, 9.17) is 0 Å². The van der Waals surface area contributed by atoms with E-state index in [1.807, 2.05) is 0 Å². The highest BCUT2D eigenvalue weighted by molar-refractivity contribution is 8.00. The zero-order valence-corrected chi connectivity index (χ0v) is 33.0. The minimum absolute atomic E-state index is 0.112. The Bertz CT molecular complexity index is 2780. The largest absolute Gasteiger partial charge is 0.310 e. The van der Waals surface area contributed by atoms with E-state index in [1.165, 1.54) is 114 Å². The summed E-state index contributed by atoms with van der Waals surface area (Å²) in [6.07, 6.45) is 11.0. The molecule has 5 aliphatic rings. The van der Waals surface area contributed by atoms with Crippen molar-refractivity contribution in [2.75, 3.05) is 4.90 Å². The van der Waals surface area contributed by atoms with Gasteiger partial charge < -0.3 is 4.90 Å². The molecule has 1 nitrogen and oxygen atoms in total. The van der Waals surface area contributed by atoms with Gasteiger partial charge in [-0.1, -0.05) is 164 Å². The van der Waals surface area contributed by atoms with Crippen molar-refractivity contribution in [3.8, 4) is 22.3 Å². The van der Waals surface area contributed by atoms with E-state index in [9.17, 15) is 0 Å². The number of benzene rings is 7. The quantitative estimate of drug-likeness (QED) is 0.172. The highest BCUT2D eigenvalue weighted by Crippen LogP contribution is 2.63. The van der Waals surface area contributed by atoms with Crippen LogP contribution in [0.4, 0.5) is 17.1 Å². The van der Waals surface area contributed by atoms with Crippen LogP contribution in [-0.4, -0.2) is 5.25 Å². The van der Waals surface area contributed by atoms with Gasteiger partial charge in [0.05, 0.1) is 11.1 Å². The first-order chi connectivity index (χ1) is 28.2. The van der Waals surface area contributed by atoms with Gasteiger partial charge in [0, 0.05) is 32.5 Å². The van der Waals surface area contributed by atoms with Gasteiger partial charge in [-0.25, -0.2) is 0 Å². The summed E-state index contributed by atoms with van der Waals surface area (Å²) >= 11 is 2.06. The highest BCUT2D eigenvalue weighted by atomic mass is 32.2. The molecule has 0 aromatic heterocycles. The maximum absolute atomic E-state index is 2.54. The third-order valence-corrected chi connectivity index (χ3v) is 15.1. The van der Waals surface area contributed by atoms with E-state index < -0.39 is 5.41 Å². The van der Waals surface area contributed by atoms with Crippen molar-refractivity contribution in [3.05, 3.63) is 220 Å². The Balaban J connectivity index is 1.07. The molecule has 274 valence electrons. The predicted octanol–water partition coefficient (Wildman–Crippen LogP) is 14.5. The van der Waals surface area contributed by atoms with Crippen molar-refractivity contribution in [1.29, 1.82) is 0 Å². The van der Waals surface area contributed by atoms with Crippen LogP contribution in [-0.2, 0) is 10.8 Å². The molecule has 1 saturated carbocycles. The van der Waals surface area contributed by atoms with Crippen LogP contribution in [0, 0.1) is 6.92 Å². The zero-order valence-electron chi connectivity index (χ0n) is 32.2. The van der Waals surface area contributed by atoms with E-state index >= 15 is 0 Å². The standard InChI is InChI=1S/C55H43NS/c1-36-28-30-42-48(34-36)54(32-12-13-33-54)46-24-14-26-49(52(42)46)56(38-18-6-3-7-19-38)39-29-31-43-51(35-39)57-50-27-15-25-47(53(43)50)55(37-16-4-2-5-17-37)44-22-10-8-20-40(44)41-21-9-11-23-45(41)55/h2-11,14-26,28-31,34-35,50H,12-13,27,32-33H2,1H3. The van der Waals surface area contributed by atoms with E-state index in [2.05, 4.69) is 200 Å². The molecule has 57 heavy (non-hydrogen) atoms. The van der Waals surface area contributed by atoms with Crippen molar-refractivity contribution >= 4 is 34.4 Å². The molecular formula is C55H43NS. The number of para-hydroxylation sites is 1. The lowest BCUT2D eigenvalue weighted by molar-refractivity contribution is 0.549. The van der Waals surface area contributed by atoms with E-state index in [0.717, 1.165) is 6.42 Å². The Labute approximate surface area is 340 Å². The molecule has 7 aromatic carbocycles. The van der Waals surface area contributed by atoms with Crippen LogP contribution in [0.25, 0.3) is 27.8 Å². The molecule has 0 radical (unpaired) electrons. The van der Waals surface area contributed by atoms with Gasteiger partial charge in [0.25, 0.3) is 0 Å². The molecule has 7 aromatic rings. The Morgan fingerprint density at radius 2 is 1.23 bits per heavy atom. The Morgan fingerprint density at radius 3 is 1.98 bits per heavy atom. The highest BCUT2D eigenvalue weighted by Gasteiger charge is 2.50. The first-order valence-corrected chi connectivity index (χ1v) is 21.6. The monoisotopic (exact) mass is 749 g/mol. The number of thioether (sulfide) groups is 1. The van der Waals surface area contributed by atoms with Crippen molar-refractivity contribution in [3.63, 3.8) is 0 Å². The summed E-state index contributed by atoms with van der Waals surface area (Å²) in [5, 5.41) is 0.347. The predicted molar refractivity (Wildman–Crippen MR) is 239 cm³/mol. The summed E-state index contributed by atoms with van der Waals surface area (Å²) in [6.45, 7) is 2.26. The number of aryl methyl sites for hydroxylation is 1. The van der Waals surface area contributed by atoms with Crippen LogP contribution in [0.1, 0.15) is 71.0 Å². The molecule has 0 saturated heterocycles. The maximum Gasteiger partial charge on any atom is 0.0716 e. The number of rotatable bonds is 5. The fourth-order valence-corrected chi connectivity index (χ4v) is 13.0. The molecule has 2 heteroatoms. The van der Waals surface area contributed by atoms with Gasteiger partial charge in [-0.2, -0.15) is 0 Å². The summed E-state index contributed by atoms with van der Waals surface area (Å²) in [5.74, 6) is 0. The number of nitrogens with zero attached hydrogens (tertiary/aromatic N) is 1. The summed E-state index contributed by atoms with van der Waals surface area (Å²) in [4.78, 5) is 3.91. The van der Waals surface area contributed by atoms with Gasteiger partial charge in [-0.15, -0.1) is 11.8 Å². The van der Waals surface area contributed by atoms with Crippen LogP contribution in [0.3, 0.4) is 0 Å². The van der Waals surface area contributed by atoms with Crippen molar-refractivity contribution in [2.24, 2.45) is 0 Å².